The molecule has 2 unspecified atom stereocenters. The number of carbonyl (C=O) groups excluding carboxylic acids is 1. The molecule has 0 radical (unpaired) electrons. The zero-order valence-electron chi connectivity index (χ0n) is 18.9. The quantitative estimate of drug-likeness (QED) is 0.387. The van der Waals surface area contributed by atoms with Crippen LogP contribution in [0.5, 0.6) is 5.88 Å². The van der Waals surface area contributed by atoms with Crippen LogP contribution in [0.4, 0.5) is 0 Å². The number of rotatable bonds is 7. The maximum absolute atomic E-state index is 12.2. The Labute approximate surface area is 184 Å². The third-order valence-electron chi connectivity index (χ3n) is 4.93. The van der Waals surface area contributed by atoms with Crippen LogP contribution in [-0.4, -0.2) is 32.9 Å². The number of ether oxygens (including phenoxy) is 2. The van der Waals surface area contributed by atoms with Gasteiger partial charge in [-0.1, -0.05) is 45.2 Å². The molecule has 2 heterocycles. The number of pyridine rings is 1. The van der Waals surface area contributed by atoms with Crippen molar-refractivity contribution in [2.75, 3.05) is 6.61 Å². The molecule has 1 aliphatic carbocycles. The highest BCUT2D eigenvalue weighted by molar-refractivity contribution is 6.32. The number of esters is 1. The Kier molecular flexibility index (Phi) is 8.71. The summed E-state index contributed by atoms with van der Waals surface area (Å²) in [6.45, 7) is 12.3. The van der Waals surface area contributed by atoms with Gasteiger partial charge in [-0.3, -0.25) is 0 Å². The van der Waals surface area contributed by atoms with E-state index in [4.69, 9.17) is 21.1 Å². The third kappa shape index (κ3) is 6.46. The number of aromatic nitrogens is 3. The van der Waals surface area contributed by atoms with E-state index in [0.29, 0.717) is 24.2 Å². The van der Waals surface area contributed by atoms with Gasteiger partial charge in [0, 0.05) is 12.3 Å². The van der Waals surface area contributed by atoms with Gasteiger partial charge in [0.25, 0.3) is 0 Å². The van der Waals surface area contributed by atoms with Crippen molar-refractivity contribution >= 4 is 17.6 Å². The first-order chi connectivity index (χ1) is 14.3. The van der Waals surface area contributed by atoms with Crippen LogP contribution in [0.2, 0.25) is 5.15 Å². The molecule has 3 rings (SSSR count). The van der Waals surface area contributed by atoms with Gasteiger partial charge in [0.15, 0.2) is 5.82 Å². The van der Waals surface area contributed by atoms with Crippen LogP contribution in [0, 0.1) is 11.8 Å². The van der Waals surface area contributed by atoms with Gasteiger partial charge in [-0.2, -0.15) is 0 Å². The molecule has 1 fully saturated rings. The second-order valence-corrected chi connectivity index (χ2v) is 8.66. The summed E-state index contributed by atoms with van der Waals surface area (Å²) in [5.74, 6) is 2.00. The predicted molar refractivity (Wildman–Crippen MR) is 120 cm³/mol. The normalized spacial score (nSPS) is 18.1. The van der Waals surface area contributed by atoms with Crippen molar-refractivity contribution in [3.05, 3.63) is 35.1 Å². The van der Waals surface area contributed by atoms with E-state index in [1.54, 1.807) is 43.8 Å². The minimum atomic E-state index is -0.593. The summed E-state index contributed by atoms with van der Waals surface area (Å²) in [5.41, 5.74) is -0.361. The van der Waals surface area contributed by atoms with Crippen molar-refractivity contribution in [1.82, 2.24) is 14.8 Å². The molecule has 2 atom stereocenters. The lowest BCUT2D eigenvalue weighted by molar-refractivity contribution is 0.00693. The molecule has 2 aromatic heterocycles. The second-order valence-electron chi connectivity index (χ2n) is 8.31. The van der Waals surface area contributed by atoms with Gasteiger partial charge in [0.1, 0.15) is 10.8 Å². The van der Waals surface area contributed by atoms with Crippen LogP contribution in [0.15, 0.2) is 24.4 Å². The highest BCUT2D eigenvalue weighted by Gasteiger charge is 2.30. The minimum absolute atomic E-state index is 0.0848. The number of nitrogens with zero attached hydrogens (tertiary/aromatic N) is 3. The van der Waals surface area contributed by atoms with Crippen molar-refractivity contribution in [3.63, 3.8) is 0 Å². The van der Waals surface area contributed by atoms with Crippen molar-refractivity contribution in [3.8, 4) is 11.7 Å². The Morgan fingerprint density at radius 2 is 1.90 bits per heavy atom. The average Bonchev–Trinajstić information content (AvgIpc) is 3.14. The fraction of sp³-hybridized carbons (Fsp3) is 0.609. The predicted octanol–water partition coefficient (Wildman–Crippen LogP) is 6.11. The van der Waals surface area contributed by atoms with Gasteiger partial charge in [0.2, 0.25) is 5.88 Å². The topological polar surface area (TPSA) is 66.2 Å². The molecule has 0 aliphatic heterocycles. The van der Waals surface area contributed by atoms with Crippen LogP contribution < -0.4 is 4.74 Å². The molecule has 1 saturated carbocycles. The maximum Gasteiger partial charge on any atom is 0.341 e. The van der Waals surface area contributed by atoms with Crippen LogP contribution in [0.3, 0.4) is 0 Å². The molecule has 30 heavy (non-hydrogen) atoms. The Morgan fingerprint density at radius 1 is 1.20 bits per heavy atom. The lowest BCUT2D eigenvalue weighted by Crippen LogP contribution is -2.31. The summed E-state index contributed by atoms with van der Waals surface area (Å²) in [6.07, 6.45) is 6.80. The Balaban J connectivity index is 0.00000155. The zero-order chi connectivity index (χ0) is 22.3. The van der Waals surface area contributed by atoms with E-state index in [-0.39, 0.29) is 10.7 Å². The molecule has 0 N–H and O–H groups in total. The van der Waals surface area contributed by atoms with E-state index in [1.165, 1.54) is 25.7 Å². The van der Waals surface area contributed by atoms with Gasteiger partial charge < -0.3 is 9.47 Å². The summed E-state index contributed by atoms with van der Waals surface area (Å²) in [5, 5.41) is 4.50. The molecular formula is C23H34ClN3O3. The van der Waals surface area contributed by atoms with Crippen molar-refractivity contribution < 1.29 is 14.3 Å². The molecular weight excluding hydrogens is 402 g/mol. The number of carbonyl (C=O) groups is 1. The molecule has 2 aromatic rings. The van der Waals surface area contributed by atoms with Crippen LogP contribution in [0.25, 0.3) is 5.82 Å². The number of halogens is 1. The highest BCUT2D eigenvalue weighted by Crippen LogP contribution is 2.37. The summed E-state index contributed by atoms with van der Waals surface area (Å²) >= 11 is 6.20. The Hall–Kier alpha value is -2.08. The van der Waals surface area contributed by atoms with E-state index in [9.17, 15) is 4.79 Å². The molecule has 0 aromatic carbocycles. The van der Waals surface area contributed by atoms with Gasteiger partial charge >= 0.3 is 5.97 Å². The largest absolute Gasteiger partial charge is 0.476 e. The van der Waals surface area contributed by atoms with E-state index >= 15 is 0 Å². The SMILES string of the molecule is CC.CCCC1CCC1COc1ccn(-c2ccc(C(=O)OC(C)(C)C)c(Cl)n2)n1. The molecule has 0 bridgehead atoms. The standard InChI is InChI=1S/C21H28ClN3O3.C2H6/c1-5-6-14-7-8-15(14)13-27-18-11-12-25(24-18)17-10-9-16(19(22)23-17)20(26)28-21(2,3)4;1-2/h9-12,14-15H,5-8,13H2,1-4H3;1-2H3. The first kappa shape index (κ1) is 24.2. The average molecular weight is 436 g/mol. The fourth-order valence-corrected chi connectivity index (χ4v) is 3.58. The third-order valence-corrected chi connectivity index (χ3v) is 5.22. The second kappa shape index (κ2) is 10.8. The summed E-state index contributed by atoms with van der Waals surface area (Å²) < 4.78 is 12.8. The van der Waals surface area contributed by atoms with Crippen LogP contribution in [-0.2, 0) is 4.74 Å². The molecule has 1 aliphatic rings. The lowest BCUT2D eigenvalue weighted by atomic mass is 9.72. The van der Waals surface area contributed by atoms with E-state index in [1.807, 2.05) is 19.9 Å². The van der Waals surface area contributed by atoms with Crippen LogP contribution >= 0.6 is 11.6 Å². The summed E-state index contributed by atoms with van der Waals surface area (Å²) in [7, 11) is 0. The lowest BCUT2D eigenvalue weighted by Gasteiger charge is -2.36. The van der Waals surface area contributed by atoms with Crippen molar-refractivity contribution in [2.24, 2.45) is 11.8 Å². The van der Waals surface area contributed by atoms with Gasteiger partial charge in [-0.05, 0) is 57.6 Å². The molecule has 7 heteroatoms. The van der Waals surface area contributed by atoms with Gasteiger partial charge in [0.05, 0.1) is 12.2 Å². The number of hydrogen-bond acceptors (Lipinski definition) is 5. The van der Waals surface area contributed by atoms with Crippen LogP contribution in [0.1, 0.15) is 77.6 Å². The molecule has 6 nitrogen and oxygen atoms in total. The number of hydrogen-bond donors (Lipinski definition) is 0. The fourth-order valence-electron chi connectivity index (χ4n) is 3.35. The maximum atomic E-state index is 12.2. The smallest absolute Gasteiger partial charge is 0.341 e. The monoisotopic (exact) mass is 435 g/mol. The minimum Gasteiger partial charge on any atom is -0.476 e. The van der Waals surface area contributed by atoms with Crippen molar-refractivity contribution in [1.29, 1.82) is 0 Å². The first-order valence-electron chi connectivity index (χ1n) is 10.9. The first-order valence-corrected chi connectivity index (χ1v) is 11.2. The van der Waals surface area contributed by atoms with Gasteiger partial charge in [-0.15, -0.1) is 5.10 Å². The highest BCUT2D eigenvalue weighted by atomic mass is 35.5. The van der Waals surface area contributed by atoms with Crippen molar-refractivity contribution in [2.45, 2.75) is 72.8 Å². The van der Waals surface area contributed by atoms with E-state index < -0.39 is 11.6 Å². The van der Waals surface area contributed by atoms with E-state index in [0.717, 1.165) is 5.92 Å². The summed E-state index contributed by atoms with van der Waals surface area (Å²) in [6, 6.07) is 5.10. The van der Waals surface area contributed by atoms with Gasteiger partial charge in [-0.25, -0.2) is 14.5 Å². The van der Waals surface area contributed by atoms with E-state index in [2.05, 4.69) is 17.0 Å². The molecule has 166 valence electrons. The Bertz CT molecular complexity index is 829. The molecule has 0 amide bonds. The summed E-state index contributed by atoms with van der Waals surface area (Å²) in [4.78, 5) is 16.5. The Morgan fingerprint density at radius 3 is 2.47 bits per heavy atom. The molecule has 0 spiro atoms. The molecule has 0 saturated heterocycles. The zero-order valence-corrected chi connectivity index (χ0v) is 19.7.